The highest BCUT2D eigenvalue weighted by atomic mass is 16.5. The zero-order chi connectivity index (χ0) is 21.1. The molecule has 30 heavy (non-hydrogen) atoms. The molecule has 1 saturated heterocycles. The molecular formula is C24H27NO5. The summed E-state index contributed by atoms with van der Waals surface area (Å²) in [6, 6.07) is 10.3. The molecule has 2 aromatic carbocycles. The predicted octanol–water partition coefficient (Wildman–Crippen LogP) is 4.98. The maximum Gasteiger partial charge on any atom is 0.235 e. The molecule has 1 N–H and O–H groups in total. The van der Waals surface area contributed by atoms with Crippen LogP contribution in [-0.2, 0) is 6.54 Å². The lowest BCUT2D eigenvalue weighted by Crippen LogP contribution is -2.24. The zero-order valence-corrected chi connectivity index (χ0v) is 17.4. The smallest absolute Gasteiger partial charge is 0.235 e. The molecular weight excluding hydrogens is 382 g/mol. The summed E-state index contributed by atoms with van der Waals surface area (Å²) in [4.78, 5) is 15.6. The first kappa shape index (κ1) is 20.3. The fraction of sp³-hybridized carbons (Fsp3) is 0.375. The molecule has 1 fully saturated rings. The average molecular weight is 409 g/mol. The van der Waals surface area contributed by atoms with E-state index in [1.54, 1.807) is 38.3 Å². The Balaban J connectivity index is 1.75. The van der Waals surface area contributed by atoms with Gasteiger partial charge < -0.3 is 19.0 Å². The van der Waals surface area contributed by atoms with Crippen LogP contribution in [0.2, 0.25) is 0 Å². The minimum absolute atomic E-state index is 0.124. The number of benzene rings is 2. The fourth-order valence-electron chi connectivity index (χ4n) is 4.00. The first-order valence-electron chi connectivity index (χ1n) is 10.4. The number of phenolic OH excluding ortho intramolecular Hbond substituents is 1. The molecule has 0 amide bonds. The Bertz CT molecular complexity index is 1100. The SMILES string of the molecule is COc1ccccc1Oc1c(C)oc2c(CN3CCCCCC3)c(O)ccc2c1=O. The van der Waals surface area contributed by atoms with Gasteiger partial charge in [-0.2, -0.15) is 0 Å². The van der Waals surface area contributed by atoms with Crippen molar-refractivity contribution in [1.82, 2.24) is 4.90 Å². The lowest BCUT2D eigenvalue weighted by atomic mass is 10.1. The predicted molar refractivity (Wildman–Crippen MR) is 116 cm³/mol. The Morgan fingerprint density at radius 1 is 1.03 bits per heavy atom. The van der Waals surface area contributed by atoms with Gasteiger partial charge in [-0.25, -0.2) is 0 Å². The second-order valence-corrected chi connectivity index (χ2v) is 7.70. The highest BCUT2D eigenvalue weighted by Gasteiger charge is 2.21. The van der Waals surface area contributed by atoms with Crippen LogP contribution < -0.4 is 14.9 Å². The Labute approximate surface area is 175 Å². The molecule has 1 aliphatic heterocycles. The van der Waals surface area contributed by atoms with Crippen molar-refractivity contribution in [2.75, 3.05) is 20.2 Å². The molecule has 6 heteroatoms. The third-order valence-electron chi connectivity index (χ3n) is 5.62. The summed E-state index contributed by atoms with van der Waals surface area (Å²) in [5.41, 5.74) is 0.810. The molecule has 0 atom stereocenters. The van der Waals surface area contributed by atoms with Gasteiger partial charge in [0.2, 0.25) is 11.2 Å². The van der Waals surface area contributed by atoms with Gasteiger partial charge in [0, 0.05) is 6.54 Å². The van der Waals surface area contributed by atoms with E-state index in [0.717, 1.165) is 25.9 Å². The summed E-state index contributed by atoms with van der Waals surface area (Å²) >= 11 is 0. The second-order valence-electron chi connectivity index (χ2n) is 7.70. The molecule has 0 saturated carbocycles. The van der Waals surface area contributed by atoms with Crippen molar-refractivity contribution >= 4 is 11.0 Å². The first-order chi connectivity index (χ1) is 14.6. The maximum absolute atomic E-state index is 13.2. The number of hydrogen-bond donors (Lipinski definition) is 1. The number of hydrogen-bond acceptors (Lipinski definition) is 6. The summed E-state index contributed by atoms with van der Waals surface area (Å²) in [6.07, 6.45) is 4.75. The normalized spacial score (nSPS) is 15.1. The van der Waals surface area contributed by atoms with Gasteiger partial charge in [0.15, 0.2) is 11.5 Å². The number of phenols is 1. The number of rotatable bonds is 5. The largest absolute Gasteiger partial charge is 0.507 e. The Morgan fingerprint density at radius 2 is 1.73 bits per heavy atom. The van der Waals surface area contributed by atoms with Gasteiger partial charge in [0.1, 0.15) is 17.1 Å². The van der Waals surface area contributed by atoms with Crippen molar-refractivity contribution in [2.45, 2.75) is 39.2 Å². The van der Waals surface area contributed by atoms with Gasteiger partial charge in [-0.1, -0.05) is 25.0 Å². The van der Waals surface area contributed by atoms with E-state index in [1.165, 1.54) is 12.8 Å². The highest BCUT2D eigenvalue weighted by Crippen LogP contribution is 2.34. The molecule has 0 bridgehead atoms. The molecule has 2 heterocycles. The van der Waals surface area contributed by atoms with Crippen molar-refractivity contribution in [3.05, 3.63) is 57.9 Å². The van der Waals surface area contributed by atoms with Crippen LogP contribution in [0.5, 0.6) is 23.0 Å². The van der Waals surface area contributed by atoms with Gasteiger partial charge in [-0.3, -0.25) is 9.69 Å². The van der Waals surface area contributed by atoms with Crippen molar-refractivity contribution in [3.8, 4) is 23.0 Å². The number of likely N-dealkylation sites (tertiary alicyclic amines) is 1. The Morgan fingerprint density at radius 3 is 2.43 bits per heavy atom. The number of fused-ring (bicyclic) bond motifs is 1. The Kier molecular flexibility index (Phi) is 5.95. The molecule has 1 aliphatic rings. The van der Waals surface area contributed by atoms with Crippen LogP contribution in [-0.4, -0.2) is 30.2 Å². The van der Waals surface area contributed by atoms with Crippen LogP contribution in [0.3, 0.4) is 0 Å². The standard InChI is InChI=1S/C24H27NO5/c1-16-23(30-21-10-6-5-9-20(21)28-2)22(27)17-11-12-19(26)18(24(17)29-16)15-25-13-7-3-4-8-14-25/h5-6,9-12,26H,3-4,7-8,13-15H2,1-2H3. The van der Waals surface area contributed by atoms with Gasteiger partial charge in [0.05, 0.1) is 18.1 Å². The minimum atomic E-state index is -0.267. The quantitative estimate of drug-likeness (QED) is 0.640. The molecule has 1 aromatic heterocycles. The summed E-state index contributed by atoms with van der Waals surface area (Å²) < 4.78 is 17.3. The summed E-state index contributed by atoms with van der Waals surface area (Å²) in [7, 11) is 1.55. The molecule has 0 radical (unpaired) electrons. The second kappa shape index (κ2) is 8.79. The van der Waals surface area contributed by atoms with Crippen LogP contribution in [0.4, 0.5) is 0 Å². The van der Waals surface area contributed by atoms with Crippen molar-refractivity contribution in [1.29, 1.82) is 0 Å². The first-order valence-corrected chi connectivity index (χ1v) is 10.4. The highest BCUT2D eigenvalue weighted by molar-refractivity contribution is 5.83. The lowest BCUT2D eigenvalue weighted by Gasteiger charge is -2.21. The minimum Gasteiger partial charge on any atom is -0.507 e. The van der Waals surface area contributed by atoms with Crippen molar-refractivity contribution in [3.63, 3.8) is 0 Å². The average Bonchev–Trinajstić information content (AvgIpc) is 3.02. The van der Waals surface area contributed by atoms with Gasteiger partial charge >= 0.3 is 0 Å². The van der Waals surface area contributed by atoms with Gasteiger partial charge in [-0.15, -0.1) is 0 Å². The number of aromatic hydroxyl groups is 1. The molecule has 0 aliphatic carbocycles. The van der Waals surface area contributed by atoms with Crippen molar-refractivity contribution < 1.29 is 19.0 Å². The van der Waals surface area contributed by atoms with Crippen LogP contribution in [0.1, 0.15) is 37.0 Å². The van der Waals surface area contributed by atoms with E-state index < -0.39 is 0 Å². The fourth-order valence-corrected chi connectivity index (χ4v) is 4.00. The topological polar surface area (TPSA) is 72.1 Å². The Hall–Kier alpha value is -2.99. The van der Waals surface area contributed by atoms with E-state index in [2.05, 4.69) is 4.90 Å². The van der Waals surface area contributed by atoms with Crippen LogP contribution in [0.25, 0.3) is 11.0 Å². The summed E-state index contributed by atoms with van der Waals surface area (Å²) in [5.74, 6) is 1.61. The van der Waals surface area contributed by atoms with E-state index >= 15 is 0 Å². The summed E-state index contributed by atoms with van der Waals surface area (Å²) in [6.45, 7) is 4.21. The van der Waals surface area contributed by atoms with Gasteiger partial charge in [-0.05, 0) is 57.1 Å². The van der Waals surface area contributed by atoms with E-state index in [4.69, 9.17) is 13.9 Å². The molecule has 158 valence electrons. The van der Waals surface area contributed by atoms with E-state index in [0.29, 0.717) is 40.3 Å². The van der Waals surface area contributed by atoms with Crippen molar-refractivity contribution in [2.24, 2.45) is 0 Å². The third-order valence-corrected chi connectivity index (χ3v) is 5.62. The number of para-hydroxylation sites is 2. The number of nitrogens with zero attached hydrogens (tertiary/aromatic N) is 1. The molecule has 6 nitrogen and oxygen atoms in total. The maximum atomic E-state index is 13.2. The van der Waals surface area contributed by atoms with E-state index in [-0.39, 0.29) is 16.9 Å². The number of methoxy groups -OCH3 is 1. The number of aryl methyl sites for hydroxylation is 1. The molecule has 3 aromatic rings. The third kappa shape index (κ3) is 4.00. The van der Waals surface area contributed by atoms with E-state index in [1.807, 2.05) is 12.1 Å². The molecule has 4 rings (SSSR count). The lowest BCUT2D eigenvalue weighted by molar-refractivity contribution is 0.272. The monoisotopic (exact) mass is 409 g/mol. The number of ether oxygens (including phenoxy) is 2. The molecule has 0 unspecified atom stereocenters. The molecule has 0 spiro atoms. The van der Waals surface area contributed by atoms with Crippen LogP contribution in [0.15, 0.2) is 45.6 Å². The van der Waals surface area contributed by atoms with Gasteiger partial charge in [0.25, 0.3) is 0 Å². The zero-order valence-electron chi connectivity index (χ0n) is 17.4. The van der Waals surface area contributed by atoms with Crippen LogP contribution in [0, 0.1) is 6.92 Å². The van der Waals surface area contributed by atoms with E-state index in [9.17, 15) is 9.90 Å². The van der Waals surface area contributed by atoms with Crippen LogP contribution >= 0.6 is 0 Å². The summed E-state index contributed by atoms with van der Waals surface area (Å²) in [5, 5.41) is 10.9.